The highest BCUT2D eigenvalue weighted by Gasteiger charge is 2.16. The number of esters is 1. The summed E-state index contributed by atoms with van der Waals surface area (Å²) in [4.78, 5) is 33.2. The van der Waals surface area contributed by atoms with Crippen LogP contribution < -0.4 is 24.8 Å². The van der Waals surface area contributed by atoms with Crippen LogP contribution in [0.3, 0.4) is 0 Å². The number of ether oxygens (including phenoxy) is 4. The van der Waals surface area contributed by atoms with Crippen molar-refractivity contribution in [2.45, 2.75) is 12.8 Å². The van der Waals surface area contributed by atoms with Crippen LogP contribution in [0, 0.1) is 0 Å². The number of methoxy groups -OCH3 is 4. The number of hydrogen-bond donors (Lipinski definition) is 2. The molecule has 4 rings (SSSR count). The van der Waals surface area contributed by atoms with Gasteiger partial charge < -0.3 is 29.6 Å². The average Bonchev–Trinajstić information content (AvgIpc) is 3.18. The molecule has 0 spiro atoms. The molecule has 2 N–H and O–H groups in total. The van der Waals surface area contributed by atoms with E-state index >= 15 is 0 Å². The summed E-state index contributed by atoms with van der Waals surface area (Å²) in [5, 5.41) is 5.97. The molecular formula is C29H30N4O6. The summed E-state index contributed by atoms with van der Waals surface area (Å²) in [5.41, 5.74) is 4.79. The highest BCUT2D eigenvalue weighted by molar-refractivity contribution is 5.95. The molecule has 1 aliphatic rings. The van der Waals surface area contributed by atoms with Gasteiger partial charge in [-0.3, -0.25) is 9.59 Å². The lowest BCUT2D eigenvalue weighted by Gasteiger charge is -2.15. The van der Waals surface area contributed by atoms with E-state index in [0.717, 1.165) is 22.4 Å². The normalized spacial score (nSPS) is 11.9. The molecule has 10 nitrogen and oxygen atoms in total. The summed E-state index contributed by atoms with van der Waals surface area (Å²) >= 11 is 0. The van der Waals surface area contributed by atoms with E-state index < -0.39 is 0 Å². The summed E-state index contributed by atoms with van der Waals surface area (Å²) in [6.45, 7) is 0.202. The SMILES string of the molecule is COC(=O)CCNC(=O)c1cccc(C2=CC=Cc3cnc(Nc4cc(OC)c(OC)c(OC)c4)nc3C2)c1. The Morgan fingerprint density at radius 3 is 2.46 bits per heavy atom. The number of amides is 1. The van der Waals surface area contributed by atoms with E-state index in [1.165, 1.54) is 7.11 Å². The van der Waals surface area contributed by atoms with Crippen LogP contribution in [0.4, 0.5) is 11.6 Å². The van der Waals surface area contributed by atoms with Gasteiger partial charge in [0.25, 0.3) is 5.91 Å². The van der Waals surface area contributed by atoms with E-state index in [-0.39, 0.29) is 24.8 Å². The second-order valence-electron chi connectivity index (χ2n) is 8.53. The zero-order valence-electron chi connectivity index (χ0n) is 22.2. The molecule has 0 fully saturated rings. The van der Waals surface area contributed by atoms with Gasteiger partial charge in [-0.2, -0.15) is 0 Å². The Morgan fingerprint density at radius 1 is 1.00 bits per heavy atom. The van der Waals surface area contributed by atoms with Gasteiger partial charge in [-0.05, 0) is 23.3 Å². The fraction of sp³-hybridized carbons (Fsp3) is 0.241. The summed E-state index contributed by atoms with van der Waals surface area (Å²) in [5.74, 6) is 1.29. The van der Waals surface area contributed by atoms with Crippen molar-refractivity contribution in [1.29, 1.82) is 0 Å². The maximum absolute atomic E-state index is 12.6. The van der Waals surface area contributed by atoms with Gasteiger partial charge in [0, 0.05) is 48.1 Å². The predicted octanol–water partition coefficient (Wildman–Crippen LogP) is 4.19. The van der Waals surface area contributed by atoms with Crippen molar-refractivity contribution < 1.29 is 28.5 Å². The number of benzene rings is 2. The molecule has 0 saturated heterocycles. The van der Waals surface area contributed by atoms with E-state index in [1.807, 2.05) is 36.4 Å². The monoisotopic (exact) mass is 530 g/mol. The second-order valence-corrected chi connectivity index (χ2v) is 8.53. The van der Waals surface area contributed by atoms with Crippen molar-refractivity contribution in [2.75, 3.05) is 40.3 Å². The van der Waals surface area contributed by atoms with Crippen molar-refractivity contribution in [2.24, 2.45) is 0 Å². The van der Waals surface area contributed by atoms with E-state index in [2.05, 4.69) is 20.4 Å². The van der Waals surface area contributed by atoms with Crippen molar-refractivity contribution in [3.63, 3.8) is 0 Å². The molecule has 0 aliphatic heterocycles. The number of allylic oxidation sites excluding steroid dienone is 3. The number of anilines is 2. The molecule has 1 amide bonds. The molecule has 0 atom stereocenters. The minimum atomic E-state index is -0.376. The van der Waals surface area contributed by atoms with E-state index in [1.54, 1.807) is 45.7 Å². The van der Waals surface area contributed by atoms with Crippen LogP contribution in [-0.2, 0) is 16.0 Å². The first-order valence-electron chi connectivity index (χ1n) is 12.2. The Kier molecular flexibility index (Phi) is 8.78. The number of fused-ring (bicyclic) bond motifs is 1. The molecule has 0 bridgehead atoms. The van der Waals surface area contributed by atoms with Crippen molar-refractivity contribution in [3.8, 4) is 17.2 Å². The summed E-state index contributed by atoms with van der Waals surface area (Å²) in [6, 6.07) is 10.9. The fourth-order valence-corrected chi connectivity index (χ4v) is 4.10. The van der Waals surface area contributed by atoms with E-state index in [0.29, 0.717) is 40.9 Å². The Hall–Kier alpha value is -4.86. The molecule has 0 saturated carbocycles. The lowest BCUT2D eigenvalue weighted by atomic mass is 9.98. The van der Waals surface area contributed by atoms with E-state index in [9.17, 15) is 9.59 Å². The van der Waals surface area contributed by atoms with Crippen LogP contribution in [0.15, 0.2) is 54.7 Å². The molecule has 10 heteroatoms. The molecule has 2 aromatic carbocycles. The van der Waals surface area contributed by atoms with Crippen LogP contribution in [0.25, 0.3) is 11.6 Å². The van der Waals surface area contributed by atoms with Crippen LogP contribution in [-0.4, -0.2) is 56.8 Å². The summed E-state index contributed by atoms with van der Waals surface area (Å²) < 4.78 is 20.9. The molecular weight excluding hydrogens is 500 g/mol. The van der Waals surface area contributed by atoms with E-state index in [4.69, 9.17) is 19.2 Å². The molecule has 39 heavy (non-hydrogen) atoms. The lowest BCUT2D eigenvalue weighted by Crippen LogP contribution is -2.26. The Morgan fingerprint density at radius 2 is 1.77 bits per heavy atom. The fourth-order valence-electron chi connectivity index (χ4n) is 4.10. The third-order valence-corrected chi connectivity index (χ3v) is 6.09. The van der Waals surface area contributed by atoms with Crippen molar-refractivity contribution >= 4 is 35.2 Å². The number of carbonyl (C=O) groups is 2. The zero-order valence-corrected chi connectivity index (χ0v) is 22.2. The molecule has 1 aliphatic carbocycles. The third kappa shape index (κ3) is 6.53. The van der Waals surface area contributed by atoms with Crippen molar-refractivity contribution in [3.05, 3.63) is 77.1 Å². The largest absolute Gasteiger partial charge is 0.493 e. The number of nitrogens with zero attached hydrogens (tertiary/aromatic N) is 2. The number of hydrogen-bond acceptors (Lipinski definition) is 9. The van der Waals surface area contributed by atoms with Gasteiger partial charge >= 0.3 is 5.97 Å². The number of carbonyl (C=O) groups excluding carboxylic acids is 2. The van der Waals surface area contributed by atoms with Crippen molar-refractivity contribution in [1.82, 2.24) is 15.3 Å². The highest BCUT2D eigenvalue weighted by Crippen LogP contribution is 2.40. The van der Waals surface area contributed by atoms with Gasteiger partial charge in [-0.1, -0.05) is 30.4 Å². The number of nitrogens with one attached hydrogen (secondary N) is 2. The molecule has 0 radical (unpaired) electrons. The van der Waals surface area contributed by atoms with Crippen LogP contribution >= 0.6 is 0 Å². The topological polar surface area (TPSA) is 121 Å². The number of aromatic nitrogens is 2. The van der Waals surface area contributed by atoms with Gasteiger partial charge in [-0.15, -0.1) is 0 Å². The smallest absolute Gasteiger partial charge is 0.307 e. The first-order valence-corrected chi connectivity index (χ1v) is 12.2. The maximum atomic E-state index is 12.6. The lowest BCUT2D eigenvalue weighted by molar-refractivity contribution is -0.140. The average molecular weight is 531 g/mol. The number of rotatable bonds is 10. The highest BCUT2D eigenvalue weighted by atomic mass is 16.5. The summed E-state index contributed by atoms with van der Waals surface area (Å²) in [6.07, 6.45) is 8.31. The Bertz CT molecular complexity index is 1410. The molecule has 1 aromatic heterocycles. The molecule has 1 heterocycles. The minimum absolute atomic E-state index is 0.112. The Balaban J connectivity index is 1.53. The Labute approximate surface area is 226 Å². The quantitative estimate of drug-likeness (QED) is 0.372. The first kappa shape index (κ1) is 27.2. The van der Waals surface area contributed by atoms with Gasteiger partial charge in [0.1, 0.15) is 0 Å². The van der Waals surface area contributed by atoms with Crippen LogP contribution in [0.5, 0.6) is 17.2 Å². The zero-order chi connectivity index (χ0) is 27.8. The third-order valence-electron chi connectivity index (χ3n) is 6.09. The van der Waals surface area contributed by atoms with Gasteiger partial charge in [0.2, 0.25) is 11.7 Å². The standard InChI is InChI=1S/C29H30N4O6/c1-36-24-15-22(16-25(37-2)27(24)39-4)32-29-31-17-21-10-6-8-19(14-23(21)33-29)18-7-5-9-20(13-18)28(35)30-12-11-26(34)38-3/h5-10,13,15-17H,11-12,14H2,1-4H3,(H,30,35)(H,31,32,33). The predicted molar refractivity (Wildman–Crippen MR) is 148 cm³/mol. The van der Waals surface area contributed by atoms with Gasteiger partial charge in [0.05, 0.1) is 40.6 Å². The second kappa shape index (κ2) is 12.6. The first-order chi connectivity index (χ1) is 18.9. The van der Waals surface area contributed by atoms with Crippen LogP contribution in [0.2, 0.25) is 0 Å². The summed E-state index contributed by atoms with van der Waals surface area (Å²) in [7, 11) is 5.98. The minimum Gasteiger partial charge on any atom is -0.493 e. The molecule has 3 aromatic rings. The van der Waals surface area contributed by atoms with Gasteiger partial charge in [-0.25, -0.2) is 9.97 Å². The molecule has 202 valence electrons. The van der Waals surface area contributed by atoms with Crippen LogP contribution in [0.1, 0.15) is 33.6 Å². The maximum Gasteiger partial charge on any atom is 0.307 e. The molecule has 0 unspecified atom stereocenters. The van der Waals surface area contributed by atoms with Gasteiger partial charge in [0.15, 0.2) is 11.5 Å².